The van der Waals surface area contributed by atoms with Gasteiger partial charge >= 0.3 is 12.1 Å². The molecule has 7 heteroatoms. The standard InChI is InChI=1S/C13H15N3O3S/c1-20-12-14-7-9-10(15-12)16(13(18)19-11(9)17)8-5-3-2-4-6-8/h2-6,9-10,12,14-15H,7H2,1H3. The maximum Gasteiger partial charge on any atom is 0.423 e. The number of anilines is 1. The Hall–Kier alpha value is -1.57. The van der Waals surface area contributed by atoms with E-state index in [1.807, 2.05) is 36.6 Å². The first-order valence-electron chi connectivity index (χ1n) is 6.33. The number of hydrogen-bond acceptors (Lipinski definition) is 6. The number of ether oxygens (including phenoxy) is 1. The molecule has 20 heavy (non-hydrogen) atoms. The quantitative estimate of drug-likeness (QED) is 0.625. The second-order valence-electron chi connectivity index (χ2n) is 4.63. The van der Waals surface area contributed by atoms with Crippen LogP contribution in [-0.2, 0) is 9.53 Å². The molecule has 2 aliphatic heterocycles. The molecular weight excluding hydrogens is 278 g/mol. The highest BCUT2D eigenvalue weighted by Crippen LogP contribution is 2.28. The lowest BCUT2D eigenvalue weighted by Gasteiger charge is -2.44. The number of thioether (sulfide) groups is 1. The Morgan fingerprint density at radius 2 is 2.05 bits per heavy atom. The van der Waals surface area contributed by atoms with Gasteiger partial charge in [-0.15, -0.1) is 11.8 Å². The van der Waals surface area contributed by atoms with Crippen LogP contribution in [0.1, 0.15) is 0 Å². The van der Waals surface area contributed by atoms with Crippen LogP contribution in [0.3, 0.4) is 0 Å². The second-order valence-corrected chi connectivity index (χ2v) is 5.58. The number of esters is 1. The van der Waals surface area contributed by atoms with E-state index in [4.69, 9.17) is 4.74 Å². The summed E-state index contributed by atoms with van der Waals surface area (Å²) >= 11 is 1.59. The monoisotopic (exact) mass is 293 g/mol. The Balaban J connectivity index is 1.94. The van der Waals surface area contributed by atoms with Gasteiger partial charge in [0.2, 0.25) is 0 Å². The van der Waals surface area contributed by atoms with Gasteiger partial charge in [-0.2, -0.15) is 0 Å². The van der Waals surface area contributed by atoms with Crippen LogP contribution < -0.4 is 15.5 Å². The number of rotatable bonds is 2. The van der Waals surface area contributed by atoms with Gasteiger partial charge in [0.25, 0.3) is 0 Å². The van der Waals surface area contributed by atoms with Gasteiger partial charge in [0, 0.05) is 12.2 Å². The van der Waals surface area contributed by atoms with E-state index in [9.17, 15) is 9.59 Å². The molecule has 0 bridgehead atoms. The predicted octanol–water partition coefficient (Wildman–Crippen LogP) is 0.952. The minimum atomic E-state index is -0.628. The van der Waals surface area contributed by atoms with Gasteiger partial charge in [-0.25, -0.2) is 4.79 Å². The zero-order valence-electron chi connectivity index (χ0n) is 10.9. The molecule has 2 heterocycles. The number of nitrogens with zero attached hydrogens (tertiary/aromatic N) is 1. The number of nitrogens with one attached hydrogen (secondary N) is 2. The molecule has 3 unspecified atom stereocenters. The average molecular weight is 293 g/mol. The normalized spacial score (nSPS) is 29.9. The number of hydrogen-bond donors (Lipinski definition) is 2. The maximum absolute atomic E-state index is 12.1. The van der Waals surface area contributed by atoms with Gasteiger partial charge < -0.3 is 4.74 Å². The summed E-state index contributed by atoms with van der Waals surface area (Å²) in [5.74, 6) is -0.886. The van der Waals surface area contributed by atoms with E-state index >= 15 is 0 Å². The topological polar surface area (TPSA) is 70.7 Å². The van der Waals surface area contributed by atoms with E-state index in [1.54, 1.807) is 11.8 Å². The molecule has 0 aliphatic carbocycles. The number of cyclic esters (lactones) is 2. The molecule has 6 nitrogen and oxygen atoms in total. The summed E-state index contributed by atoms with van der Waals surface area (Å²) in [6.07, 6.45) is 0.947. The Labute approximate surface area is 120 Å². The third-order valence-corrected chi connectivity index (χ3v) is 4.24. The molecule has 0 spiro atoms. The van der Waals surface area contributed by atoms with Crippen LogP contribution in [0, 0.1) is 5.92 Å². The van der Waals surface area contributed by atoms with Crippen LogP contribution in [0.15, 0.2) is 30.3 Å². The van der Waals surface area contributed by atoms with Gasteiger partial charge in [0.1, 0.15) is 17.6 Å². The summed E-state index contributed by atoms with van der Waals surface area (Å²) in [6.45, 7) is 0.485. The summed E-state index contributed by atoms with van der Waals surface area (Å²) in [5.41, 5.74) is 0.718. The van der Waals surface area contributed by atoms with Crippen molar-refractivity contribution in [3.05, 3.63) is 30.3 Å². The van der Waals surface area contributed by atoms with E-state index in [0.29, 0.717) is 12.2 Å². The fraction of sp³-hybridized carbons (Fsp3) is 0.385. The fourth-order valence-corrected chi connectivity index (χ4v) is 3.01. The molecule has 2 fully saturated rings. The average Bonchev–Trinajstić information content (AvgIpc) is 2.47. The van der Waals surface area contributed by atoms with Crippen LogP contribution in [0.4, 0.5) is 10.5 Å². The predicted molar refractivity (Wildman–Crippen MR) is 76.1 cm³/mol. The number of para-hydroxylation sites is 1. The summed E-state index contributed by atoms with van der Waals surface area (Å²) in [4.78, 5) is 25.4. The Kier molecular flexibility index (Phi) is 3.64. The zero-order chi connectivity index (χ0) is 14.1. The lowest BCUT2D eigenvalue weighted by atomic mass is 10.0. The van der Waals surface area contributed by atoms with E-state index in [1.165, 1.54) is 4.90 Å². The van der Waals surface area contributed by atoms with E-state index in [0.717, 1.165) is 0 Å². The molecule has 2 N–H and O–H groups in total. The third-order valence-electron chi connectivity index (χ3n) is 3.46. The highest BCUT2D eigenvalue weighted by molar-refractivity contribution is 7.99. The highest BCUT2D eigenvalue weighted by Gasteiger charge is 2.47. The SMILES string of the molecule is CSC1NCC2C(=O)OC(=O)N(c3ccccc3)C2N1. The van der Waals surface area contributed by atoms with E-state index in [-0.39, 0.29) is 11.7 Å². The largest absolute Gasteiger partial charge is 0.423 e. The maximum atomic E-state index is 12.1. The van der Waals surface area contributed by atoms with Crippen molar-refractivity contribution in [2.24, 2.45) is 5.92 Å². The van der Waals surface area contributed by atoms with E-state index in [2.05, 4.69) is 10.6 Å². The van der Waals surface area contributed by atoms with Crippen LogP contribution >= 0.6 is 11.8 Å². The first kappa shape index (κ1) is 13.4. The van der Waals surface area contributed by atoms with Gasteiger partial charge in [-0.1, -0.05) is 18.2 Å². The zero-order valence-corrected chi connectivity index (χ0v) is 11.7. The molecule has 0 radical (unpaired) electrons. The van der Waals surface area contributed by atoms with Crippen LogP contribution in [0.25, 0.3) is 0 Å². The molecule has 2 saturated heterocycles. The molecule has 0 aromatic heterocycles. The summed E-state index contributed by atoms with van der Waals surface area (Å²) in [7, 11) is 0. The molecule has 106 valence electrons. The minimum absolute atomic E-state index is 0.00108. The van der Waals surface area contributed by atoms with Crippen molar-refractivity contribution in [1.29, 1.82) is 0 Å². The van der Waals surface area contributed by atoms with Crippen molar-refractivity contribution in [3.63, 3.8) is 0 Å². The molecule has 2 aliphatic rings. The molecule has 1 amide bonds. The van der Waals surface area contributed by atoms with Crippen molar-refractivity contribution in [2.75, 3.05) is 17.7 Å². The Morgan fingerprint density at radius 3 is 2.75 bits per heavy atom. The molecular formula is C13H15N3O3S. The first-order valence-corrected chi connectivity index (χ1v) is 7.61. The molecule has 1 aromatic rings. The molecule has 1 aromatic carbocycles. The van der Waals surface area contributed by atoms with Crippen molar-refractivity contribution in [2.45, 2.75) is 11.7 Å². The van der Waals surface area contributed by atoms with Gasteiger partial charge in [0.15, 0.2) is 0 Å². The van der Waals surface area contributed by atoms with Crippen molar-refractivity contribution < 1.29 is 14.3 Å². The van der Waals surface area contributed by atoms with Gasteiger partial charge in [0.05, 0.1) is 0 Å². The van der Waals surface area contributed by atoms with Crippen molar-refractivity contribution in [3.8, 4) is 0 Å². The molecule has 0 saturated carbocycles. The lowest BCUT2D eigenvalue weighted by Crippen LogP contribution is -2.69. The van der Waals surface area contributed by atoms with Crippen LogP contribution in [-0.4, -0.2) is 36.5 Å². The molecule has 3 rings (SSSR count). The number of carbonyl (C=O) groups excluding carboxylic acids is 2. The first-order chi connectivity index (χ1) is 9.70. The summed E-state index contributed by atoms with van der Waals surface area (Å²) in [5, 5.41) is 6.47. The smallest absolute Gasteiger partial charge is 0.375 e. The lowest BCUT2D eigenvalue weighted by molar-refractivity contribution is -0.145. The summed E-state index contributed by atoms with van der Waals surface area (Å²) in [6, 6.07) is 9.22. The summed E-state index contributed by atoms with van der Waals surface area (Å²) < 4.78 is 4.85. The van der Waals surface area contributed by atoms with Crippen molar-refractivity contribution in [1.82, 2.24) is 10.6 Å². The van der Waals surface area contributed by atoms with E-state index < -0.39 is 18.0 Å². The van der Waals surface area contributed by atoms with Crippen LogP contribution in [0.5, 0.6) is 0 Å². The number of amides is 1. The molecule has 3 atom stereocenters. The Morgan fingerprint density at radius 1 is 1.30 bits per heavy atom. The second kappa shape index (κ2) is 5.43. The third kappa shape index (κ3) is 2.28. The number of fused-ring (bicyclic) bond motifs is 1. The van der Waals surface area contributed by atoms with Crippen molar-refractivity contribution >= 4 is 29.5 Å². The highest BCUT2D eigenvalue weighted by atomic mass is 32.2. The van der Waals surface area contributed by atoms with Gasteiger partial charge in [-0.3, -0.25) is 20.3 Å². The number of benzene rings is 1. The fourth-order valence-electron chi connectivity index (χ4n) is 2.47. The van der Waals surface area contributed by atoms with Crippen LogP contribution in [0.2, 0.25) is 0 Å². The number of carbonyl (C=O) groups is 2. The minimum Gasteiger partial charge on any atom is -0.375 e. The van der Waals surface area contributed by atoms with Gasteiger partial charge in [-0.05, 0) is 18.4 Å². The Bertz CT molecular complexity index is 525.